The molecule has 0 saturated heterocycles. The average Bonchev–Trinajstić information content (AvgIpc) is 2.44. The fourth-order valence-electron chi connectivity index (χ4n) is 1.88. The molecule has 19 heavy (non-hydrogen) atoms. The molecule has 0 saturated carbocycles. The summed E-state index contributed by atoms with van der Waals surface area (Å²) in [6.07, 6.45) is 13.2. The summed E-state index contributed by atoms with van der Waals surface area (Å²) in [5.41, 5.74) is 6.97. The molecule has 1 aliphatic carbocycles. The van der Waals surface area contributed by atoms with Crippen LogP contribution in [0.4, 0.5) is 0 Å². The van der Waals surface area contributed by atoms with Gasteiger partial charge in [0, 0.05) is 18.3 Å². The van der Waals surface area contributed by atoms with Gasteiger partial charge >= 0.3 is 0 Å². The van der Waals surface area contributed by atoms with E-state index < -0.39 is 0 Å². The van der Waals surface area contributed by atoms with Crippen LogP contribution in [-0.4, -0.2) is 17.8 Å². The van der Waals surface area contributed by atoms with Crippen molar-refractivity contribution >= 4 is 21.8 Å². The van der Waals surface area contributed by atoms with Crippen LogP contribution in [0, 0.1) is 0 Å². The SMILES string of the molecule is O=C(CCCCCCCBr)NCCC1=CC=C=C=C1. The van der Waals surface area contributed by atoms with Crippen molar-refractivity contribution in [3.8, 4) is 0 Å². The molecule has 0 aromatic heterocycles. The number of amides is 1. The molecule has 0 radical (unpaired) electrons. The van der Waals surface area contributed by atoms with Crippen LogP contribution in [-0.2, 0) is 4.79 Å². The van der Waals surface area contributed by atoms with Gasteiger partial charge in [0.2, 0.25) is 5.91 Å². The molecule has 0 fully saturated rings. The third-order valence-corrected chi connectivity index (χ3v) is 3.56. The van der Waals surface area contributed by atoms with Crippen LogP contribution < -0.4 is 5.32 Å². The minimum absolute atomic E-state index is 0.173. The number of halogens is 1. The number of unbranched alkanes of at least 4 members (excludes halogenated alkanes) is 4. The van der Waals surface area contributed by atoms with Crippen LogP contribution in [0.2, 0.25) is 0 Å². The molecule has 0 heterocycles. The van der Waals surface area contributed by atoms with Crippen LogP contribution in [0.1, 0.15) is 44.9 Å². The zero-order valence-corrected chi connectivity index (χ0v) is 13.0. The van der Waals surface area contributed by atoms with E-state index in [4.69, 9.17) is 0 Å². The predicted molar refractivity (Wildman–Crippen MR) is 83.4 cm³/mol. The molecule has 0 unspecified atom stereocenters. The van der Waals surface area contributed by atoms with Gasteiger partial charge in [-0.05, 0) is 43.1 Å². The molecule has 1 aliphatic rings. The van der Waals surface area contributed by atoms with Gasteiger partial charge in [-0.2, -0.15) is 0 Å². The average molecular weight is 324 g/mol. The first-order valence-electron chi connectivity index (χ1n) is 7.02. The molecule has 3 heteroatoms. The number of allylic oxidation sites excluding steroid dienone is 3. The number of carbonyl (C=O) groups is 1. The van der Waals surface area contributed by atoms with Crippen molar-refractivity contribution in [3.05, 3.63) is 35.3 Å². The monoisotopic (exact) mass is 323 g/mol. The van der Waals surface area contributed by atoms with E-state index >= 15 is 0 Å². The van der Waals surface area contributed by atoms with Crippen LogP contribution >= 0.6 is 15.9 Å². The maximum absolute atomic E-state index is 11.6. The maximum atomic E-state index is 11.6. The van der Waals surface area contributed by atoms with Crippen molar-refractivity contribution in [1.29, 1.82) is 0 Å². The summed E-state index contributed by atoms with van der Waals surface area (Å²) in [6, 6.07) is 0. The Morgan fingerprint density at radius 2 is 1.95 bits per heavy atom. The number of nitrogens with one attached hydrogen (secondary N) is 1. The van der Waals surface area contributed by atoms with Crippen LogP contribution in [0.15, 0.2) is 35.3 Å². The molecule has 104 valence electrons. The van der Waals surface area contributed by atoms with Crippen molar-refractivity contribution in [2.24, 2.45) is 0 Å². The van der Waals surface area contributed by atoms with Gasteiger partial charge in [0.25, 0.3) is 0 Å². The van der Waals surface area contributed by atoms with E-state index in [-0.39, 0.29) is 5.91 Å². The largest absolute Gasteiger partial charge is 0.356 e. The van der Waals surface area contributed by atoms with Crippen molar-refractivity contribution in [2.75, 3.05) is 11.9 Å². The highest BCUT2D eigenvalue weighted by atomic mass is 79.9. The van der Waals surface area contributed by atoms with Gasteiger partial charge in [0.1, 0.15) is 0 Å². The number of hydrogen-bond donors (Lipinski definition) is 1. The highest BCUT2D eigenvalue weighted by molar-refractivity contribution is 9.09. The predicted octanol–water partition coefficient (Wildman–Crippen LogP) is 4.03. The lowest BCUT2D eigenvalue weighted by molar-refractivity contribution is -0.121. The minimum Gasteiger partial charge on any atom is -0.356 e. The molecule has 1 amide bonds. The lowest BCUT2D eigenvalue weighted by Gasteiger charge is -2.05. The molecule has 0 spiro atoms. The first-order valence-corrected chi connectivity index (χ1v) is 8.14. The maximum Gasteiger partial charge on any atom is 0.220 e. The van der Waals surface area contributed by atoms with E-state index in [1.165, 1.54) is 24.8 Å². The summed E-state index contributed by atoms with van der Waals surface area (Å²) in [7, 11) is 0. The van der Waals surface area contributed by atoms with Gasteiger partial charge in [-0.3, -0.25) is 4.79 Å². The molecule has 1 N–H and O–H groups in total. The Kier molecular flexibility index (Phi) is 9.18. The van der Waals surface area contributed by atoms with E-state index in [9.17, 15) is 4.79 Å². The van der Waals surface area contributed by atoms with Crippen molar-refractivity contribution in [2.45, 2.75) is 44.9 Å². The standard InChI is InChI=1S/C16H22BrNO/c17-13-8-3-1-2-7-11-16(19)18-14-12-15-9-5-4-6-10-15/h5,9-10H,1-3,7-8,11-14H2,(H,18,19). The highest BCUT2D eigenvalue weighted by Crippen LogP contribution is 2.07. The summed E-state index contributed by atoms with van der Waals surface area (Å²) in [4.78, 5) is 11.6. The summed E-state index contributed by atoms with van der Waals surface area (Å²) < 4.78 is 0. The Bertz CT molecular complexity index is 399. The van der Waals surface area contributed by atoms with Gasteiger partial charge < -0.3 is 5.32 Å². The summed E-state index contributed by atoms with van der Waals surface area (Å²) >= 11 is 3.42. The lowest BCUT2D eigenvalue weighted by Crippen LogP contribution is -2.24. The molecule has 2 nitrogen and oxygen atoms in total. The number of alkyl halides is 1. The third kappa shape index (κ3) is 8.67. The molecule has 0 aromatic rings. The van der Waals surface area contributed by atoms with E-state index in [0.29, 0.717) is 13.0 Å². The summed E-state index contributed by atoms with van der Waals surface area (Å²) in [6.45, 7) is 0.709. The second-order valence-corrected chi connectivity index (χ2v) is 5.44. The van der Waals surface area contributed by atoms with Crippen LogP contribution in [0.25, 0.3) is 0 Å². The molecule has 0 atom stereocenters. The van der Waals surface area contributed by atoms with E-state index in [1.54, 1.807) is 0 Å². The van der Waals surface area contributed by atoms with E-state index in [2.05, 4.69) is 32.7 Å². The highest BCUT2D eigenvalue weighted by Gasteiger charge is 2.01. The normalized spacial score (nSPS) is 12.6. The fraction of sp³-hybridized carbons (Fsp3) is 0.562. The van der Waals surface area contributed by atoms with Crippen LogP contribution in [0.5, 0.6) is 0 Å². The van der Waals surface area contributed by atoms with Gasteiger partial charge in [0.05, 0.1) is 0 Å². The van der Waals surface area contributed by atoms with Crippen molar-refractivity contribution in [1.82, 2.24) is 5.32 Å². The van der Waals surface area contributed by atoms with Gasteiger partial charge in [-0.25, -0.2) is 0 Å². The second-order valence-electron chi connectivity index (χ2n) is 4.65. The smallest absolute Gasteiger partial charge is 0.220 e. The Morgan fingerprint density at radius 1 is 1.16 bits per heavy atom. The Hall–Kier alpha value is -1.01. The minimum atomic E-state index is 0.173. The molecule has 0 bridgehead atoms. The number of hydrogen-bond acceptors (Lipinski definition) is 1. The first kappa shape index (κ1) is 16.0. The number of carbonyl (C=O) groups excluding carboxylic acids is 1. The first-order chi connectivity index (χ1) is 9.33. The fourth-order valence-corrected chi connectivity index (χ4v) is 2.28. The second kappa shape index (κ2) is 10.9. The summed E-state index contributed by atoms with van der Waals surface area (Å²) in [5.74, 6) is 0.173. The Labute approximate surface area is 124 Å². The topological polar surface area (TPSA) is 29.1 Å². The van der Waals surface area contributed by atoms with Gasteiger partial charge in [-0.15, -0.1) is 0 Å². The number of rotatable bonds is 10. The molecular formula is C16H22BrNO. The zero-order chi connectivity index (χ0) is 13.8. The lowest BCUT2D eigenvalue weighted by atomic mass is 10.1. The Morgan fingerprint density at radius 3 is 2.68 bits per heavy atom. The third-order valence-electron chi connectivity index (χ3n) is 2.99. The molecule has 0 aliphatic heterocycles. The van der Waals surface area contributed by atoms with Crippen molar-refractivity contribution < 1.29 is 4.79 Å². The molecule has 1 rings (SSSR count). The molecule has 0 aromatic carbocycles. The quantitative estimate of drug-likeness (QED) is 0.367. The Balaban J connectivity index is 1.95. The van der Waals surface area contributed by atoms with Crippen LogP contribution in [0.3, 0.4) is 0 Å². The zero-order valence-electron chi connectivity index (χ0n) is 11.4. The summed E-state index contributed by atoms with van der Waals surface area (Å²) in [5, 5.41) is 4.05. The van der Waals surface area contributed by atoms with Gasteiger partial charge in [0.15, 0.2) is 0 Å². The van der Waals surface area contributed by atoms with Gasteiger partial charge in [-0.1, -0.05) is 46.7 Å². The van der Waals surface area contributed by atoms with E-state index in [1.807, 2.05) is 18.2 Å². The van der Waals surface area contributed by atoms with Crippen molar-refractivity contribution in [3.63, 3.8) is 0 Å². The van der Waals surface area contributed by atoms with E-state index in [0.717, 1.165) is 24.6 Å². The molecular weight excluding hydrogens is 302 g/mol.